The smallest absolute Gasteiger partial charge is 0.261 e. The van der Waals surface area contributed by atoms with Gasteiger partial charge in [-0.25, -0.2) is 0 Å². The molecule has 5 nitrogen and oxygen atoms in total. The van der Waals surface area contributed by atoms with Crippen molar-refractivity contribution >= 4 is 12.0 Å². The molecule has 3 aromatic rings. The lowest BCUT2D eigenvalue weighted by Gasteiger charge is -2.24. The third-order valence-corrected chi connectivity index (χ3v) is 4.97. The second-order valence-electron chi connectivity index (χ2n) is 7.24. The number of hydrogen-bond acceptors (Lipinski definition) is 4. The summed E-state index contributed by atoms with van der Waals surface area (Å²) in [5, 5.41) is 0. The summed E-state index contributed by atoms with van der Waals surface area (Å²) < 4.78 is 11.3. The molecule has 5 heteroatoms. The topological polar surface area (TPSA) is 51.7 Å². The lowest BCUT2D eigenvalue weighted by Crippen LogP contribution is -2.34. The summed E-state index contributed by atoms with van der Waals surface area (Å²) in [6.07, 6.45) is 7.45. The average Bonchev–Trinajstić information content (AvgIpc) is 2.79. The van der Waals surface area contributed by atoms with Crippen LogP contribution in [0, 0.1) is 6.92 Å². The van der Waals surface area contributed by atoms with Crippen LogP contribution in [-0.2, 0) is 17.9 Å². The van der Waals surface area contributed by atoms with Crippen molar-refractivity contribution in [1.29, 1.82) is 0 Å². The van der Waals surface area contributed by atoms with Crippen molar-refractivity contribution in [3.63, 3.8) is 0 Å². The second kappa shape index (κ2) is 11.0. The summed E-state index contributed by atoms with van der Waals surface area (Å²) in [5.74, 6) is 1.04. The lowest BCUT2D eigenvalue weighted by molar-refractivity contribution is -0.134. The fraction of sp³-hybridized carbons (Fsp3) is 0.231. The molecule has 0 aliphatic carbocycles. The van der Waals surface area contributed by atoms with Crippen LogP contribution in [0.1, 0.15) is 29.2 Å². The summed E-state index contributed by atoms with van der Waals surface area (Å²) in [6, 6.07) is 17.6. The summed E-state index contributed by atoms with van der Waals surface area (Å²) in [7, 11) is 1.59. The molecular weight excluding hydrogens is 388 g/mol. The highest BCUT2D eigenvalue weighted by Crippen LogP contribution is 2.28. The van der Waals surface area contributed by atoms with Crippen LogP contribution >= 0.6 is 0 Å². The monoisotopic (exact) mass is 416 g/mol. The molecule has 0 saturated heterocycles. The summed E-state index contributed by atoms with van der Waals surface area (Å²) in [5.41, 5.74) is 4.23. The zero-order chi connectivity index (χ0) is 22.1. The van der Waals surface area contributed by atoms with E-state index in [9.17, 15) is 4.79 Å². The lowest BCUT2D eigenvalue weighted by atomic mass is 10.1. The molecule has 0 radical (unpaired) electrons. The molecule has 0 aliphatic rings. The number of aromatic nitrogens is 1. The van der Waals surface area contributed by atoms with Crippen LogP contribution in [0.4, 0.5) is 0 Å². The number of aryl methyl sites for hydroxylation is 1. The van der Waals surface area contributed by atoms with Crippen LogP contribution in [0.3, 0.4) is 0 Å². The number of carbonyl (C=O) groups excluding carboxylic acids is 1. The van der Waals surface area contributed by atoms with Gasteiger partial charge in [-0.05, 0) is 54.3 Å². The van der Waals surface area contributed by atoms with Crippen molar-refractivity contribution in [3.8, 4) is 11.5 Å². The molecular formula is C26H28N2O3. The Morgan fingerprint density at radius 1 is 1.06 bits per heavy atom. The molecule has 1 aromatic heterocycles. The number of allylic oxidation sites excluding steroid dienone is 1. The van der Waals surface area contributed by atoms with E-state index in [0.29, 0.717) is 24.6 Å². The number of amides is 1. The molecule has 31 heavy (non-hydrogen) atoms. The van der Waals surface area contributed by atoms with Crippen molar-refractivity contribution in [1.82, 2.24) is 9.88 Å². The zero-order valence-corrected chi connectivity index (χ0v) is 18.2. The molecule has 2 aromatic carbocycles. The third-order valence-electron chi connectivity index (χ3n) is 4.97. The Morgan fingerprint density at radius 3 is 2.61 bits per heavy atom. The number of benzene rings is 2. The van der Waals surface area contributed by atoms with E-state index in [1.54, 1.807) is 24.4 Å². The highest BCUT2D eigenvalue weighted by atomic mass is 16.5. The molecule has 0 unspecified atom stereocenters. The minimum atomic E-state index is -0.105. The molecule has 0 fully saturated rings. The maximum atomic E-state index is 13.1. The van der Waals surface area contributed by atoms with Crippen LogP contribution in [0.15, 0.2) is 73.1 Å². The second-order valence-corrected chi connectivity index (χ2v) is 7.24. The first kappa shape index (κ1) is 22.1. The number of carbonyl (C=O) groups is 1. The molecule has 1 amide bonds. The summed E-state index contributed by atoms with van der Waals surface area (Å²) >= 11 is 0. The van der Waals surface area contributed by atoms with E-state index in [1.807, 2.05) is 67.6 Å². The minimum absolute atomic E-state index is 0.0779. The van der Waals surface area contributed by atoms with E-state index in [4.69, 9.17) is 9.47 Å². The fourth-order valence-electron chi connectivity index (χ4n) is 3.27. The Kier molecular flexibility index (Phi) is 7.82. The molecule has 1 heterocycles. The van der Waals surface area contributed by atoms with E-state index in [-0.39, 0.29) is 12.5 Å². The van der Waals surface area contributed by atoms with Crippen LogP contribution in [0.2, 0.25) is 0 Å². The standard InChI is InChI=1S/C26H28N2O3/c1-4-8-21-12-13-24(25(15-21)30-3)31-19-26(29)28(17-22-10-7-14-27-16-22)18-23-11-6-5-9-20(23)2/h4-16H,17-19H2,1-3H3. The van der Waals surface area contributed by atoms with Crippen molar-refractivity contribution < 1.29 is 14.3 Å². The van der Waals surface area contributed by atoms with Gasteiger partial charge in [-0.3, -0.25) is 9.78 Å². The third kappa shape index (κ3) is 6.19. The van der Waals surface area contributed by atoms with Crippen LogP contribution < -0.4 is 9.47 Å². The van der Waals surface area contributed by atoms with E-state index in [2.05, 4.69) is 18.0 Å². The number of nitrogens with zero attached hydrogens (tertiary/aromatic N) is 2. The predicted octanol–water partition coefficient (Wildman–Crippen LogP) is 5.04. The van der Waals surface area contributed by atoms with Crippen LogP contribution in [0.25, 0.3) is 6.08 Å². The Morgan fingerprint density at radius 2 is 1.90 bits per heavy atom. The van der Waals surface area contributed by atoms with Gasteiger partial charge >= 0.3 is 0 Å². The largest absolute Gasteiger partial charge is 0.493 e. The molecule has 0 bridgehead atoms. The maximum Gasteiger partial charge on any atom is 0.261 e. The van der Waals surface area contributed by atoms with Gasteiger partial charge in [-0.15, -0.1) is 0 Å². The van der Waals surface area contributed by atoms with Gasteiger partial charge in [0.05, 0.1) is 7.11 Å². The van der Waals surface area contributed by atoms with Crippen molar-refractivity contribution in [2.75, 3.05) is 13.7 Å². The van der Waals surface area contributed by atoms with Crippen molar-refractivity contribution in [3.05, 3.63) is 95.3 Å². The first-order valence-corrected chi connectivity index (χ1v) is 10.3. The van der Waals surface area contributed by atoms with Gasteiger partial charge in [-0.1, -0.05) is 48.6 Å². The van der Waals surface area contributed by atoms with Gasteiger partial charge in [0.2, 0.25) is 0 Å². The van der Waals surface area contributed by atoms with Crippen molar-refractivity contribution in [2.24, 2.45) is 0 Å². The van der Waals surface area contributed by atoms with E-state index < -0.39 is 0 Å². The Balaban J connectivity index is 1.76. The Bertz CT molecular complexity index is 1030. The van der Waals surface area contributed by atoms with E-state index in [0.717, 1.165) is 22.3 Å². The average molecular weight is 417 g/mol. The summed E-state index contributed by atoms with van der Waals surface area (Å²) in [6.45, 7) is 4.89. The van der Waals surface area contributed by atoms with Gasteiger partial charge in [0.1, 0.15) is 0 Å². The number of rotatable bonds is 9. The van der Waals surface area contributed by atoms with Gasteiger partial charge < -0.3 is 14.4 Å². The van der Waals surface area contributed by atoms with E-state index in [1.165, 1.54) is 0 Å². The molecule has 0 spiro atoms. The highest BCUT2D eigenvalue weighted by molar-refractivity contribution is 5.78. The molecule has 160 valence electrons. The molecule has 0 saturated carbocycles. The number of hydrogen-bond donors (Lipinski definition) is 0. The van der Waals surface area contributed by atoms with Crippen molar-refractivity contribution in [2.45, 2.75) is 26.9 Å². The highest BCUT2D eigenvalue weighted by Gasteiger charge is 2.17. The molecule has 0 aliphatic heterocycles. The summed E-state index contributed by atoms with van der Waals surface area (Å²) in [4.78, 5) is 19.1. The van der Waals surface area contributed by atoms with Crippen LogP contribution in [-0.4, -0.2) is 29.5 Å². The van der Waals surface area contributed by atoms with Gasteiger partial charge in [0.15, 0.2) is 18.1 Å². The molecule has 0 atom stereocenters. The maximum absolute atomic E-state index is 13.1. The van der Waals surface area contributed by atoms with Gasteiger partial charge in [0, 0.05) is 25.5 Å². The zero-order valence-electron chi connectivity index (χ0n) is 18.2. The van der Waals surface area contributed by atoms with Gasteiger partial charge in [0.25, 0.3) is 5.91 Å². The fourth-order valence-corrected chi connectivity index (χ4v) is 3.27. The molecule has 0 N–H and O–H groups in total. The van der Waals surface area contributed by atoms with Gasteiger partial charge in [-0.2, -0.15) is 0 Å². The normalized spacial score (nSPS) is 10.8. The minimum Gasteiger partial charge on any atom is -0.493 e. The quantitative estimate of drug-likeness (QED) is 0.490. The number of ether oxygens (including phenoxy) is 2. The first-order chi connectivity index (χ1) is 15.1. The molecule has 3 rings (SSSR count). The van der Waals surface area contributed by atoms with Crippen LogP contribution in [0.5, 0.6) is 11.5 Å². The van der Waals surface area contributed by atoms with E-state index >= 15 is 0 Å². The Labute approximate surface area is 184 Å². The predicted molar refractivity (Wildman–Crippen MR) is 123 cm³/mol. The SMILES string of the molecule is CC=Cc1ccc(OCC(=O)N(Cc2cccnc2)Cc2ccccc2C)c(OC)c1. The Hall–Kier alpha value is -3.60. The first-order valence-electron chi connectivity index (χ1n) is 10.3. The number of methoxy groups -OCH3 is 1. The number of pyridine rings is 1.